The number of hydrogen-bond donors (Lipinski definition) is 2. The second kappa shape index (κ2) is 9.34. The van der Waals surface area contributed by atoms with Crippen LogP contribution in [0.3, 0.4) is 0 Å². The van der Waals surface area contributed by atoms with Crippen LogP contribution in [0.1, 0.15) is 53.8 Å². The highest BCUT2D eigenvalue weighted by atomic mass is 16.5. The summed E-state index contributed by atoms with van der Waals surface area (Å²) < 4.78 is 11.3. The summed E-state index contributed by atoms with van der Waals surface area (Å²) >= 11 is 0. The zero-order valence-corrected chi connectivity index (χ0v) is 17.9. The van der Waals surface area contributed by atoms with Gasteiger partial charge in [-0.1, -0.05) is 19.3 Å². The molecule has 2 aromatic rings. The molecule has 8 heteroatoms. The molecule has 164 valence electrons. The molecule has 3 heterocycles. The Morgan fingerprint density at radius 1 is 1.35 bits per heavy atom. The number of nitrogens with one attached hydrogen (secondary N) is 1. The van der Waals surface area contributed by atoms with Gasteiger partial charge in [0, 0.05) is 36.1 Å². The van der Waals surface area contributed by atoms with E-state index >= 15 is 0 Å². The fraction of sp³-hybridized carbons (Fsp3) is 0.435. The third-order valence-electron chi connectivity index (χ3n) is 5.54. The Morgan fingerprint density at radius 2 is 2.16 bits per heavy atom. The number of hydrogen-bond acceptors (Lipinski definition) is 8. The number of allylic oxidation sites excluding steroid dienone is 1. The van der Waals surface area contributed by atoms with Gasteiger partial charge in [0.1, 0.15) is 6.61 Å². The quantitative estimate of drug-likeness (QED) is 0.646. The minimum atomic E-state index is -0.604. The molecule has 0 bridgehead atoms. The number of likely N-dealkylation sites (N-methyl/N-ethyl adjacent to an activating group) is 1. The summed E-state index contributed by atoms with van der Waals surface area (Å²) in [5, 5.41) is 14.2. The number of carbonyl (C=O) groups excluding carboxylic acids is 1. The Hall–Kier alpha value is -3.13. The van der Waals surface area contributed by atoms with Gasteiger partial charge in [0.15, 0.2) is 22.9 Å². The molecule has 0 spiro atoms. The lowest BCUT2D eigenvalue weighted by Crippen LogP contribution is -2.24. The summed E-state index contributed by atoms with van der Waals surface area (Å²) in [6.45, 7) is 0.814. The monoisotopic (exact) mass is 424 g/mol. The number of fused-ring (bicyclic) bond motifs is 1. The fourth-order valence-corrected chi connectivity index (χ4v) is 3.84. The number of esters is 1. The molecule has 1 saturated carbocycles. The molecule has 0 amide bonds. The van der Waals surface area contributed by atoms with Gasteiger partial charge in [-0.3, -0.25) is 0 Å². The largest absolute Gasteiger partial charge is 0.504 e. The van der Waals surface area contributed by atoms with Crippen LogP contribution in [0.25, 0.3) is 11.6 Å². The summed E-state index contributed by atoms with van der Waals surface area (Å²) in [4.78, 5) is 23.2. The van der Waals surface area contributed by atoms with Crippen molar-refractivity contribution in [3.05, 3.63) is 35.2 Å². The number of carbonyl (C=O) groups is 1. The summed E-state index contributed by atoms with van der Waals surface area (Å²) in [7, 11) is 3.80. The van der Waals surface area contributed by atoms with Gasteiger partial charge in [-0.2, -0.15) is 0 Å². The molecule has 0 atom stereocenters. The predicted octanol–water partition coefficient (Wildman–Crippen LogP) is 4.10. The van der Waals surface area contributed by atoms with E-state index in [1.54, 1.807) is 18.5 Å². The van der Waals surface area contributed by atoms with Crippen LogP contribution in [0.2, 0.25) is 0 Å². The number of furan rings is 1. The van der Waals surface area contributed by atoms with Crippen LogP contribution in [-0.2, 0) is 4.74 Å². The second-order valence-corrected chi connectivity index (χ2v) is 8.17. The van der Waals surface area contributed by atoms with Crippen molar-refractivity contribution >= 4 is 35.5 Å². The number of pyridine rings is 1. The number of ether oxygens (including phenoxy) is 1. The average molecular weight is 425 g/mol. The van der Waals surface area contributed by atoms with Crippen molar-refractivity contribution in [3.8, 4) is 5.75 Å². The molecule has 0 radical (unpaired) electrons. The van der Waals surface area contributed by atoms with Crippen molar-refractivity contribution in [2.75, 3.05) is 32.6 Å². The summed E-state index contributed by atoms with van der Waals surface area (Å²) in [6, 6.07) is 3.93. The highest BCUT2D eigenvalue weighted by molar-refractivity contribution is 6.21. The Kier molecular flexibility index (Phi) is 6.36. The van der Waals surface area contributed by atoms with Crippen LogP contribution in [-0.4, -0.2) is 60.5 Å². The van der Waals surface area contributed by atoms with Gasteiger partial charge >= 0.3 is 5.97 Å². The minimum absolute atomic E-state index is 0.0394. The first kappa shape index (κ1) is 21.1. The summed E-state index contributed by atoms with van der Waals surface area (Å²) in [5.41, 5.74) is 1.64. The zero-order chi connectivity index (χ0) is 21.8. The first-order valence-electron chi connectivity index (χ1n) is 10.7. The molecule has 1 fully saturated rings. The summed E-state index contributed by atoms with van der Waals surface area (Å²) in [5.74, 6) is 0.228. The maximum atomic E-state index is 12.8. The third-order valence-corrected chi connectivity index (χ3v) is 5.54. The molecule has 0 saturated heterocycles. The van der Waals surface area contributed by atoms with Crippen LogP contribution in [0, 0.1) is 0 Å². The van der Waals surface area contributed by atoms with E-state index in [0.29, 0.717) is 12.4 Å². The van der Waals surface area contributed by atoms with Gasteiger partial charge in [-0.05, 0) is 45.1 Å². The van der Waals surface area contributed by atoms with Crippen LogP contribution in [0.5, 0.6) is 5.75 Å². The van der Waals surface area contributed by atoms with E-state index in [4.69, 9.17) is 9.15 Å². The zero-order valence-electron chi connectivity index (χ0n) is 17.9. The third kappa shape index (κ3) is 4.80. The van der Waals surface area contributed by atoms with Crippen LogP contribution in [0.4, 0.5) is 11.7 Å². The van der Waals surface area contributed by atoms with Gasteiger partial charge in [0.25, 0.3) is 0 Å². The molecule has 2 aliphatic rings. The van der Waals surface area contributed by atoms with Crippen LogP contribution >= 0.6 is 0 Å². The van der Waals surface area contributed by atoms with Crippen molar-refractivity contribution in [2.45, 2.75) is 38.1 Å². The fourth-order valence-electron chi connectivity index (χ4n) is 3.84. The van der Waals surface area contributed by atoms with E-state index in [0.717, 1.165) is 36.8 Å². The first-order valence-corrected chi connectivity index (χ1v) is 10.7. The molecule has 1 aliphatic heterocycles. The minimum Gasteiger partial charge on any atom is -0.504 e. The van der Waals surface area contributed by atoms with Gasteiger partial charge in [0.05, 0.1) is 0 Å². The Morgan fingerprint density at radius 3 is 2.94 bits per heavy atom. The Balaban J connectivity index is 1.64. The molecule has 4 rings (SSSR count). The second-order valence-electron chi connectivity index (χ2n) is 8.17. The normalized spacial score (nSPS) is 17.3. The molecule has 0 unspecified atom stereocenters. The van der Waals surface area contributed by atoms with Crippen molar-refractivity contribution in [2.24, 2.45) is 4.99 Å². The number of aromatic hydroxyl groups is 1. The Bertz CT molecular complexity index is 1000. The van der Waals surface area contributed by atoms with E-state index in [1.165, 1.54) is 6.42 Å². The van der Waals surface area contributed by atoms with E-state index in [-0.39, 0.29) is 35.6 Å². The van der Waals surface area contributed by atoms with Gasteiger partial charge < -0.3 is 24.5 Å². The van der Waals surface area contributed by atoms with E-state index < -0.39 is 5.97 Å². The molecule has 0 aromatic carbocycles. The van der Waals surface area contributed by atoms with Gasteiger partial charge in [-0.25, -0.2) is 14.8 Å². The summed E-state index contributed by atoms with van der Waals surface area (Å²) in [6.07, 6.45) is 10.5. The van der Waals surface area contributed by atoms with Crippen molar-refractivity contribution < 1.29 is 19.1 Å². The maximum Gasteiger partial charge on any atom is 0.347 e. The molecular weight excluding hydrogens is 396 g/mol. The highest BCUT2D eigenvalue weighted by Crippen LogP contribution is 2.39. The lowest BCUT2D eigenvalue weighted by Gasteiger charge is -2.22. The van der Waals surface area contributed by atoms with E-state index in [2.05, 4.69) is 15.3 Å². The molecule has 2 aromatic heterocycles. The van der Waals surface area contributed by atoms with E-state index in [9.17, 15) is 9.90 Å². The standard InChI is InChI=1S/C23H28N4O4/c1-27(2)11-12-30-23(29)19-20(28)18(31-22(19)26-16-7-4-3-5-8-16)13-15-14-25-21-17(15)9-6-10-24-21/h6,9-10,13-14,16,26,28H,3-5,7-8,11-12H2,1-2H3. The molecular formula is C23H28N4O4. The molecule has 8 nitrogen and oxygen atoms in total. The number of rotatable bonds is 7. The molecule has 31 heavy (non-hydrogen) atoms. The number of nitrogens with zero attached hydrogens (tertiary/aromatic N) is 3. The smallest absolute Gasteiger partial charge is 0.347 e. The topological polar surface area (TPSA) is 100 Å². The predicted molar refractivity (Wildman–Crippen MR) is 120 cm³/mol. The van der Waals surface area contributed by atoms with Crippen LogP contribution in [0.15, 0.2) is 27.7 Å². The SMILES string of the molecule is CN(C)CCOC(=O)c1c(NC2CCCCC2)oc(C=C2C=Nc3ncccc32)c1O. The van der Waals surface area contributed by atoms with Gasteiger partial charge in [-0.15, -0.1) is 0 Å². The first-order chi connectivity index (χ1) is 15.0. The number of anilines is 1. The Labute approximate surface area is 181 Å². The van der Waals surface area contributed by atoms with Crippen molar-refractivity contribution in [3.63, 3.8) is 0 Å². The highest BCUT2D eigenvalue weighted by Gasteiger charge is 2.29. The number of aromatic nitrogens is 1. The van der Waals surface area contributed by atoms with Crippen molar-refractivity contribution in [1.29, 1.82) is 0 Å². The molecule has 2 N–H and O–H groups in total. The van der Waals surface area contributed by atoms with Crippen LogP contribution < -0.4 is 5.32 Å². The van der Waals surface area contributed by atoms with Crippen molar-refractivity contribution in [1.82, 2.24) is 9.88 Å². The number of aliphatic imine (C=N–C) groups is 1. The van der Waals surface area contributed by atoms with Gasteiger partial charge in [0.2, 0.25) is 5.88 Å². The maximum absolute atomic E-state index is 12.8. The van der Waals surface area contributed by atoms with E-state index in [1.807, 2.05) is 31.1 Å². The average Bonchev–Trinajstić information content (AvgIpc) is 3.30. The lowest BCUT2D eigenvalue weighted by atomic mass is 9.95. The molecule has 1 aliphatic carbocycles. The lowest BCUT2D eigenvalue weighted by molar-refractivity contribution is 0.0479.